The minimum absolute atomic E-state index is 0.0793. The van der Waals surface area contributed by atoms with E-state index >= 15 is 0 Å². The quantitative estimate of drug-likeness (QED) is 0.771. The van der Waals surface area contributed by atoms with E-state index in [2.05, 4.69) is 18.9 Å². The molecule has 0 spiro atoms. The molecule has 2 heterocycles. The van der Waals surface area contributed by atoms with E-state index in [0.717, 1.165) is 24.5 Å². The maximum absolute atomic E-state index is 11.7. The predicted molar refractivity (Wildman–Crippen MR) is 76.0 cm³/mol. The molecular weight excluding hydrogens is 226 g/mol. The SMILES string of the molecule is CC.CC.CC(C)c1cc2n(n1)CCN(C)C2=O. The summed E-state index contributed by atoms with van der Waals surface area (Å²) >= 11 is 0. The van der Waals surface area contributed by atoms with Crippen molar-refractivity contribution in [1.29, 1.82) is 0 Å². The first-order valence-electron chi connectivity index (χ1n) is 6.93. The maximum Gasteiger partial charge on any atom is 0.271 e. The smallest absolute Gasteiger partial charge is 0.271 e. The number of hydrogen-bond donors (Lipinski definition) is 0. The average Bonchev–Trinajstić information content (AvgIpc) is 2.84. The van der Waals surface area contributed by atoms with Crippen molar-refractivity contribution in [3.8, 4) is 0 Å². The van der Waals surface area contributed by atoms with E-state index in [1.54, 1.807) is 4.90 Å². The fraction of sp³-hybridized carbons (Fsp3) is 0.714. The molecule has 1 amide bonds. The van der Waals surface area contributed by atoms with Crippen LogP contribution in [0.25, 0.3) is 0 Å². The Hall–Kier alpha value is -1.32. The Bertz CT molecular complexity index is 369. The van der Waals surface area contributed by atoms with Gasteiger partial charge in [0.15, 0.2) is 0 Å². The van der Waals surface area contributed by atoms with Crippen LogP contribution in [0.1, 0.15) is 63.6 Å². The van der Waals surface area contributed by atoms with E-state index in [4.69, 9.17) is 0 Å². The molecule has 0 fully saturated rings. The van der Waals surface area contributed by atoms with Crippen LogP contribution in [0, 0.1) is 0 Å². The highest BCUT2D eigenvalue weighted by atomic mass is 16.2. The molecule has 2 rings (SSSR count). The fourth-order valence-electron chi connectivity index (χ4n) is 1.60. The summed E-state index contributed by atoms with van der Waals surface area (Å²) in [4.78, 5) is 13.5. The molecule has 1 aliphatic heterocycles. The molecule has 1 aliphatic rings. The largest absolute Gasteiger partial charge is 0.339 e. The van der Waals surface area contributed by atoms with E-state index in [9.17, 15) is 4.79 Å². The standard InChI is InChI=1S/C10H15N3O.2C2H6/c1-7(2)8-6-9-10(14)12(3)4-5-13(9)11-8;2*1-2/h6-7H,4-5H2,1-3H3;2*1-2H3. The highest BCUT2D eigenvalue weighted by Gasteiger charge is 2.23. The lowest BCUT2D eigenvalue weighted by molar-refractivity contribution is 0.0743. The van der Waals surface area contributed by atoms with Gasteiger partial charge in [-0.15, -0.1) is 0 Å². The normalized spacial score (nSPS) is 13.3. The lowest BCUT2D eigenvalue weighted by Crippen LogP contribution is -2.37. The number of carbonyl (C=O) groups is 1. The Morgan fingerprint density at radius 1 is 1.17 bits per heavy atom. The Morgan fingerprint density at radius 2 is 1.72 bits per heavy atom. The summed E-state index contributed by atoms with van der Waals surface area (Å²) in [6, 6.07) is 1.91. The van der Waals surface area contributed by atoms with Gasteiger partial charge in [0.25, 0.3) is 5.91 Å². The van der Waals surface area contributed by atoms with Gasteiger partial charge in [-0.3, -0.25) is 9.48 Å². The molecule has 0 aliphatic carbocycles. The zero-order valence-corrected chi connectivity index (χ0v) is 12.8. The minimum atomic E-state index is 0.0793. The summed E-state index contributed by atoms with van der Waals surface area (Å²) in [6.45, 7) is 13.7. The molecule has 0 atom stereocenters. The molecule has 0 saturated carbocycles. The van der Waals surface area contributed by atoms with Crippen molar-refractivity contribution in [2.24, 2.45) is 0 Å². The second kappa shape index (κ2) is 7.90. The molecular formula is C14H27N3O. The maximum atomic E-state index is 11.7. The summed E-state index contributed by atoms with van der Waals surface area (Å²) in [6.07, 6.45) is 0. The summed E-state index contributed by atoms with van der Waals surface area (Å²) < 4.78 is 1.82. The minimum Gasteiger partial charge on any atom is -0.339 e. The second-order valence-electron chi connectivity index (χ2n) is 4.06. The Kier molecular flexibility index (Phi) is 7.32. The van der Waals surface area contributed by atoms with Gasteiger partial charge in [0, 0.05) is 13.6 Å². The van der Waals surface area contributed by atoms with Gasteiger partial charge in [-0.1, -0.05) is 41.5 Å². The molecule has 0 unspecified atom stereocenters. The van der Waals surface area contributed by atoms with Crippen molar-refractivity contribution in [1.82, 2.24) is 14.7 Å². The monoisotopic (exact) mass is 253 g/mol. The first kappa shape index (κ1) is 16.7. The third-order valence-corrected chi connectivity index (χ3v) is 2.60. The summed E-state index contributed by atoms with van der Waals surface area (Å²) in [7, 11) is 1.83. The van der Waals surface area contributed by atoms with Crippen LogP contribution in [0.2, 0.25) is 0 Å². The lowest BCUT2D eigenvalue weighted by Gasteiger charge is -2.22. The Morgan fingerprint density at radius 3 is 2.22 bits per heavy atom. The van der Waals surface area contributed by atoms with E-state index in [1.807, 2.05) is 45.5 Å². The van der Waals surface area contributed by atoms with Crippen molar-refractivity contribution >= 4 is 5.91 Å². The van der Waals surface area contributed by atoms with Crippen molar-refractivity contribution in [3.63, 3.8) is 0 Å². The van der Waals surface area contributed by atoms with E-state index in [1.165, 1.54) is 0 Å². The molecule has 0 aromatic carbocycles. The first-order chi connectivity index (χ1) is 8.59. The van der Waals surface area contributed by atoms with Gasteiger partial charge in [0.05, 0.1) is 12.2 Å². The topological polar surface area (TPSA) is 38.1 Å². The van der Waals surface area contributed by atoms with Crippen molar-refractivity contribution in [2.45, 2.75) is 54.0 Å². The molecule has 4 nitrogen and oxygen atoms in total. The van der Waals surface area contributed by atoms with Gasteiger partial charge < -0.3 is 4.90 Å². The van der Waals surface area contributed by atoms with Crippen LogP contribution in [-0.4, -0.2) is 34.2 Å². The van der Waals surface area contributed by atoms with Crippen LogP contribution in [0.4, 0.5) is 0 Å². The molecule has 18 heavy (non-hydrogen) atoms. The number of nitrogens with zero attached hydrogens (tertiary/aromatic N) is 3. The number of rotatable bonds is 1. The van der Waals surface area contributed by atoms with Crippen LogP contribution in [0.5, 0.6) is 0 Å². The third kappa shape index (κ3) is 3.59. The average molecular weight is 253 g/mol. The summed E-state index contributed by atoms with van der Waals surface area (Å²) in [5.74, 6) is 0.460. The first-order valence-corrected chi connectivity index (χ1v) is 6.93. The molecule has 4 heteroatoms. The predicted octanol–water partition coefficient (Wildman–Crippen LogP) is 3.14. The van der Waals surface area contributed by atoms with Gasteiger partial charge in [-0.2, -0.15) is 5.10 Å². The lowest BCUT2D eigenvalue weighted by atomic mass is 10.1. The van der Waals surface area contributed by atoms with E-state index < -0.39 is 0 Å². The van der Waals surface area contributed by atoms with Gasteiger partial charge >= 0.3 is 0 Å². The molecule has 0 N–H and O–H groups in total. The number of amides is 1. The van der Waals surface area contributed by atoms with E-state index in [0.29, 0.717) is 5.92 Å². The number of likely N-dealkylation sites (N-methyl/N-ethyl adjacent to an activating group) is 1. The molecule has 1 aromatic heterocycles. The number of carbonyl (C=O) groups excluding carboxylic acids is 1. The van der Waals surface area contributed by atoms with Crippen LogP contribution in [0.3, 0.4) is 0 Å². The van der Waals surface area contributed by atoms with Crippen molar-refractivity contribution in [2.75, 3.05) is 13.6 Å². The molecule has 104 valence electrons. The van der Waals surface area contributed by atoms with Crippen molar-refractivity contribution < 1.29 is 4.79 Å². The highest BCUT2D eigenvalue weighted by Crippen LogP contribution is 2.17. The molecule has 0 radical (unpaired) electrons. The number of aromatic nitrogens is 2. The fourth-order valence-corrected chi connectivity index (χ4v) is 1.60. The van der Waals surface area contributed by atoms with Crippen LogP contribution in [-0.2, 0) is 6.54 Å². The van der Waals surface area contributed by atoms with Crippen LogP contribution >= 0.6 is 0 Å². The Labute approximate surface area is 111 Å². The molecule has 0 saturated heterocycles. The zero-order valence-electron chi connectivity index (χ0n) is 12.8. The third-order valence-electron chi connectivity index (χ3n) is 2.60. The summed E-state index contributed by atoms with van der Waals surface area (Å²) in [5, 5.41) is 4.40. The van der Waals surface area contributed by atoms with E-state index in [-0.39, 0.29) is 5.91 Å². The highest BCUT2D eigenvalue weighted by molar-refractivity contribution is 5.93. The number of hydrogen-bond acceptors (Lipinski definition) is 2. The Balaban J connectivity index is 0.000000659. The van der Waals surface area contributed by atoms with Gasteiger partial charge in [-0.05, 0) is 12.0 Å². The van der Waals surface area contributed by atoms with Gasteiger partial charge in [-0.25, -0.2) is 0 Å². The van der Waals surface area contributed by atoms with Crippen molar-refractivity contribution in [3.05, 3.63) is 17.5 Å². The van der Waals surface area contributed by atoms with Crippen LogP contribution in [0.15, 0.2) is 6.07 Å². The van der Waals surface area contributed by atoms with Gasteiger partial charge in [0.1, 0.15) is 5.69 Å². The molecule has 1 aromatic rings. The second-order valence-corrected chi connectivity index (χ2v) is 4.06. The van der Waals surface area contributed by atoms with Crippen LogP contribution < -0.4 is 0 Å². The molecule has 0 bridgehead atoms. The van der Waals surface area contributed by atoms with Gasteiger partial charge in [0.2, 0.25) is 0 Å². The zero-order chi connectivity index (χ0) is 14.3. The number of fused-ring (bicyclic) bond motifs is 1. The summed E-state index contributed by atoms with van der Waals surface area (Å²) in [5.41, 5.74) is 1.73.